The van der Waals surface area contributed by atoms with E-state index in [0.29, 0.717) is 29.4 Å². The molecular formula is C17H14F2N2O. The van der Waals surface area contributed by atoms with Gasteiger partial charge in [-0.3, -0.25) is 4.79 Å². The fourth-order valence-corrected chi connectivity index (χ4v) is 2.35. The van der Waals surface area contributed by atoms with E-state index in [0.717, 1.165) is 0 Å². The summed E-state index contributed by atoms with van der Waals surface area (Å²) in [6.07, 6.45) is 0.396. The second kappa shape index (κ2) is 5.97. The number of hydrogen-bond donors (Lipinski definition) is 2. The molecule has 112 valence electrons. The van der Waals surface area contributed by atoms with Gasteiger partial charge in [0.2, 0.25) is 0 Å². The van der Waals surface area contributed by atoms with Crippen LogP contribution in [0.1, 0.15) is 16.1 Å². The van der Waals surface area contributed by atoms with Crippen LogP contribution in [-0.4, -0.2) is 17.4 Å². The molecule has 0 fully saturated rings. The average molecular weight is 300 g/mol. The molecule has 3 aromatic rings. The lowest BCUT2D eigenvalue weighted by Crippen LogP contribution is -2.26. The van der Waals surface area contributed by atoms with Crippen LogP contribution >= 0.6 is 0 Å². The Balaban J connectivity index is 1.66. The van der Waals surface area contributed by atoms with Gasteiger partial charge in [0.1, 0.15) is 17.3 Å². The normalized spacial score (nSPS) is 10.8. The smallest absolute Gasteiger partial charge is 0.267 e. The van der Waals surface area contributed by atoms with Crippen LogP contribution in [0.25, 0.3) is 10.9 Å². The molecule has 1 aromatic heterocycles. The molecule has 0 radical (unpaired) electrons. The van der Waals surface area contributed by atoms with Crippen molar-refractivity contribution in [1.29, 1.82) is 0 Å². The summed E-state index contributed by atoms with van der Waals surface area (Å²) in [5, 5.41) is 3.07. The first-order chi connectivity index (χ1) is 10.6. The Labute approximate surface area is 126 Å². The SMILES string of the molecule is O=C(NCCc1ccccc1F)c1cc2c(F)cccc2[nH]1. The fourth-order valence-electron chi connectivity index (χ4n) is 2.35. The van der Waals surface area contributed by atoms with Gasteiger partial charge in [-0.1, -0.05) is 24.3 Å². The lowest BCUT2D eigenvalue weighted by atomic mass is 10.1. The Bertz CT molecular complexity index is 826. The van der Waals surface area contributed by atoms with E-state index in [-0.39, 0.29) is 23.2 Å². The van der Waals surface area contributed by atoms with Gasteiger partial charge in [-0.15, -0.1) is 0 Å². The van der Waals surface area contributed by atoms with Crippen molar-refractivity contribution in [3.63, 3.8) is 0 Å². The summed E-state index contributed by atoms with van der Waals surface area (Å²) in [5.74, 6) is -1.00. The van der Waals surface area contributed by atoms with Crippen LogP contribution in [0.3, 0.4) is 0 Å². The van der Waals surface area contributed by atoms with Crippen molar-refractivity contribution in [2.45, 2.75) is 6.42 Å². The van der Waals surface area contributed by atoms with Gasteiger partial charge in [-0.05, 0) is 36.2 Å². The van der Waals surface area contributed by atoms with E-state index in [2.05, 4.69) is 10.3 Å². The number of benzene rings is 2. The van der Waals surface area contributed by atoms with Gasteiger partial charge < -0.3 is 10.3 Å². The third kappa shape index (κ3) is 2.83. The number of H-pyrrole nitrogens is 1. The summed E-state index contributed by atoms with van der Waals surface area (Å²) < 4.78 is 27.0. The maximum atomic E-state index is 13.6. The summed E-state index contributed by atoms with van der Waals surface area (Å²) >= 11 is 0. The van der Waals surface area contributed by atoms with Crippen LogP contribution in [0, 0.1) is 11.6 Å². The molecule has 5 heteroatoms. The van der Waals surface area contributed by atoms with Crippen molar-refractivity contribution in [3.8, 4) is 0 Å². The standard InChI is InChI=1S/C17H14F2N2O/c18-13-5-2-1-4-11(13)8-9-20-17(22)16-10-12-14(19)6-3-7-15(12)21-16/h1-7,10,21H,8-9H2,(H,20,22). The minimum atomic E-state index is -0.376. The van der Waals surface area contributed by atoms with Gasteiger partial charge in [0.15, 0.2) is 0 Å². The maximum absolute atomic E-state index is 13.6. The van der Waals surface area contributed by atoms with Crippen molar-refractivity contribution >= 4 is 16.8 Å². The Kier molecular flexibility index (Phi) is 3.87. The lowest BCUT2D eigenvalue weighted by molar-refractivity contribution is 0.0950. The molecule has 0 aliphatic heterocycles. The fraction of sp³-hybridized carbons (Fsp3) is 0.118. The minimum absolute atomic E-state index is 0.286. The van der Waals surface area contributed by atoms with E-state index < -0.39 is 0 Å². The molecular weight excluding hydrogens is 286 g/mol. The van der Waals surface area contributed by atoms with Crippen molar-refractivity contribution < 1.29 is 13.6 Å². The highest BCUT2D eigenvalue weighted by atomic mass is 19.1. The van der Waals surface area contributed by atoms with E-state index in [9.17, 15) is 13.6 Å². The van der Waals surface area contributed by atoms with Crippen LogP contribution in [0.15, 0.2) is 48.5 Å². The number of aromatic amines is 1. The molecule has 0 aliphatic rings. The van der Waals surface area contributed by atoms with Crippen molar-refractivity contribution in [3.05, 3.63) is 71.4 Å². The Morgan fingerprint density at radius 2 is 1.82 bits per heavy atom. The molecule has 0 saturated carbocycles. The molecule has 3 nitrogen and oxygen atoms in total. The Morgan fingerprint density at radius 1 is 1.05 bits per heavy atom. The van der Waals surface area contributed by atoms with Crippen molar-refractivity contribution in [1.82, 2.24) is 10.3 Å². The van der Waals surface area contributed by atoms with Gasteiger partial charge in [0, 0.05) is 17.4 Å². The quantitative estimate of drug-likeness (QED) is 0.762. The number of aromatic nitrogens is 1. The largest absolute Gasteiger partial charge is 0.350 e. The summed E-state index contributed by atoms with van der Waals surface area (Å²) in [5.41, 5.74) is 1.40. The zero-order chi connectivity index (χ0) is 15.5. The molecule has 3 rings (SSSR count). The highest BCUT2D eigenvalue weighted by molar-refractivity contribution is 5.98. The molecule has 1 amide bonds. The highest BCUT2D eigenvalue weighted by Crippen LogP contribution is 2.18. The number of rotatable bonds is 4. The van der Waals surface area contributed by atoms with Gasteiger partial charge in [-0.25, -0.2) is 8.78 Å². The van der Waals surface area contributed by atoms with Crippen LogP contribution in [-0.2, 0) is 6.42 Å². The molecule has 0 bridgehead atoms. The minimum Gasteiger partial charge on any atom is -0.350 e. The monoisotopic (exact) mass is 300 g/mol. The number of amides is 1. The maximum Gasteiger partial charge on any atom is 0.267 e. The summed E-state index contributed by atoms with van der Waals surface area (Å²) in [6, 6.07) is 12.5. The van der Waals surface area contributed by atoms with E-state index in [4.69, 9.17) is 0 Å². The zero-order valence-corrected chi connectivity index (χ0v) is 11.7. The third-order valence-electron chi connectivity index (χ3n) is 3.49. The molecule has 0 aliphatic carbocycles. The molecule has 0 spiro atoms. The summed E-state index contributed by atoms with van der Waals surface area (Å²) in [7, 11) is 0. The first-order valence-electron chi connectivity index (χ1n) is 6.94. The predicted octanol–water partition coefficient (Wildman–Crippen LogP) is 3.42. The molecule has 1 heterocycles. The molecule has 2 aromatic carbocycles. The van der Waals surface area contributed by atoms with Crippen LogP contribution in [0.2, 0.25) is 0 Å². The van der Waals surface area contributed by atoms with Crippen molar-refractivity contribution in [2.75, 3.05) is 6.54 Å². The van der Waals surface area contributed by atoms with Crippen LogP contribution in [0.5, 0.6) is 0 Å². The molecule has 22 heavy (non-hydrogen) atoms. The van der Waals surface area contributed by atoms with Gasteiger partial charge in [-0.2, -0.15) is 0 Å². The second-order valence-electron chi connectivity index (χ2n) is 4.98. The molecule has 0 unspecified atom stereocenters. The summed E-state index contributed by atoms with van der Waals surface area (Å²) in [6.45, 7) is 0.303. The highest BCUT2D eigenvalue weighted by Gasteiger charge is 2.11. The number of halogens is 2. The number of hydrogen-bond acceptors (Lipinski definition) is 1. The van der Waals surface area contributed by atoms with E-state index in [1.165, 1.54) is 18.2 Å². The number of nitrogens with one attached hydrogen (secondary N) is 2. The van der Waals surface area contributed by atoms with Gasteiger partial charge in [0.05, 0.1) is 0 Å². The van der Waals surface area contributed by atoms with Gasteiger partial charge in [0.25, 0.3) is 5.91 Å². The van der Waals surface area contributed by atoms with Crippen LogP contribution < -0.4 is 5.32 Å². The van der Waals surface area contributed by atoms with Crippen LogP contribution in [0.4, 0.5) is 8.78 Å². The van der Waals surface area contributed by atoms with Gasteiger partial charge >= 0.3 is 0 Å². The first-order valence-corrected chi connectivity index (χ1v) is 6.94. The predicted molar refractivity (Wildman–Crippen MR) is 80.7 cm³/mol. The van der Waals surface area contributed by atoms with E-state index in [1.807, 2.05) is 0 Å². The molecule has 0 saturated heterocycles. The topological polar surface area (TPSA) is 44.9 Å². The molecule has 0 atom stereocenters. The summed E-state index contributed by atoms with van der Waals surface area (Å²) in [4.78, 5) is 14.9. The van der Waals surface area contributed by atoms with Crippen molar-refractivity contribution in [2.24, 2.45) is 0 Å². The average Bonchev–Trinajstić information content (AvgIpc) is 2.95. The zero-order valence-electron chi connectivity index (χ0n) is 11.7. The number of carbonyl (C=O) groups is 1. The number of fused-ring (bicyclic) bond motifs is 1. The molecule has 2 N–H and O–H groups in total. The first kappa shape index (κ1) is 14.3. The Morgan fingerprint density at radius 3 is 2.59 bits per heavy atom. The Hall–Kier alpha value is -2.69. The van der Waals surface area contributed by atoms with E-state index in [1.54, 1.807) is 30.3 Å². The third-order valence-corrected chi connectivity index (χ3v) is 3.49. The van der Waals surface area contributed by atoms with E-state index >= 15 is 0 Å². The second-order valence-corrected chi connectivity index (χ2v) is 4.98. The lowest BCUT2D eigenvalue weighted by Gasteiger charge is -2.04. The number of carbonyl (C=O) groups excluding carboxylic acids is 1.